The van der Waals surface area contributed by atoms with Gasteiger partial charge in [-0.3, -0.25) is 9.36 Å². The second kappa shape index (κ2) is 7.21. The van der Waals surface area contributed by atoms with Crippen LogP contribution in [-0.4, -0.2) is 30.2 Å². The van der Waals surface area contributed by atoms with E-state index >= 15 is 0 Å². The molecule has 3 aromatic rings. The summed E-state index contributed by atoms with van der Waals surface area (Å²) in [4.78, 5) is 25.0. The maximum Gasteiger partial charge on any atom is 0.340 e. The topological polar surface area (TPSA) is 57.5 Å². The van der Waals surface area contributed by atoms with Crippen molar-refractivity contribution in [2.45, 2.75) is 13.3 Å². The van der Waals surface area contributed by atoms with Crippen LogP contribution in [0.25, 0.3) is 10.9 Å². The van der Waals surface area contributed by atoms with E-state index in [9.17, 15) is 9.59 Å². The van der Waals surface area contributed by atoms with Crippen LogP contribution in [0.3, 0.4) is 0 Å². The number of carbonyl (C=O) groups is 2. The van der Waals surface area contributed by atoms with E-state index in [4.69, 9.17) is 9.47 Å². The number of hydrogen-bond acceptors (Lipinski definition) is 4. The number of aromatic nitrogens is 1. The zero-order valence-electron chi connectivity index (χ0n) is 14.2. The fourth-order valence-corrected chi connectivity index (χ4v) is 2.70. The van der Waals surface area contributed by atoms with Gasteiger partial charge in [-0.1, -0.05) is 31.2 Å². The molecular weight excluding hydrogens is 318 g/mol. The number of ether oxygens (including phenoxy) is 2. The van der Waals surface area contributed by atoms with Crippen molar-refractivity contribution < 1.29 is 19.1 Å². The van der Waals surface area contributed by atoms with Crippen LogP contribution in [0.15, 0.2) is 54.7 Å². The molecule has 0 amide bonds. The van der Waals surface area contributed by atoms with Crippen LogP contribution >= 0.6 is 0 Å². The highest BCUT2D eigenvalue weighted by atomic mass is 16.5. The molecule has 0 fully saturated rings. The fraction of sp³-hybridized carbons (Fsp3) is 0.200. The SMILES string of the molecule is CCCOc1cccc(C(=O)n2cc(C(=O)OC)c3ccccc32)c1. The molecule has 0 aliphatic carbocycles. The van der Waals surface area contributed by atoms with Crippen LogP contribution < -0.4 is 4.74 Å². The lowest BCUT2D eigenvalue weighted by Gasteiger charge is -2.08. The highest BCUT2D eigenvalue weighted by Crippen LogP contribution is 2.24. The maximum absolute atomic E-state index is 13.0. The van der Waals surface area contributed by atoms with Gasteiger partial charge in [-0.2, -0.15) is 0 Å². The van der Waals surface area contributed by atoms with Crippen molar-refractivity contribution in [3.05, 3.63) is 65.9 Å². The Labute approximate surface area is 145 Å². The first-order chi connectivity index (χ1) is 12.2. The van der Waals surface area contributed by atoms with Crippen LogP contribution in [0.4, 0.5) is 0 Å². The quantitative estimate of drug-likeness (QED) is 0.663. The fourth-order valence-electron chi connectivity index (χ4n) is 2.70. The zero-order chi connectivity index (χ0) is 17.8. The number of fused-ring (bicyclic) bond motifs is 1. The molecule has 0 saturated heterocycles. The summed E-state index contributed by atoms with van der Waals surface area (Å²) in [5, 5.41) is 0.682. The molecule has 0 radical (unpaired) electrons. The van der Waals surface area contributed by atoms with Crippen LogP contribution in [0.2, 0.25) is 0 Å². The summed E-state index contributed by atoms with van der Waals surface area (Å²) in [7, 11) is 1.32. The molecule has 128 valence electrons. The Morgan fingerprint density at radius 2 is 1.88 bits per heavy atom. The molecule has 1 aromatic heterocycles. The number of esters is 1. The zero-order valence-corrected chi connectivity index (χ0v) is 14.2. The molecule has 3 rings (SSSR count). The van der Waals surface area contributed by atoms with Gasteiger partial charge in [-0.05, 0) is 30.7 Å². The Bertz CT molecular complexity index is 926. The van der Waals surface area contributed by atoms with Gasteiger partial charge >= 0.3 is 5.97 Å². The number of para-hydroxylation sites is 1. The minimum absolute atomic E-state index is 0.228. The Morgan fingerprint density at radius 3 is 2.64 bits per heavy atom. The lowest BCUT2D eigenvalue weighted by atomic mass is 10.2. The standard InChI is InChI=1S/C20H19NO4/c1-3-11-25-15-8-6-7-14(12-15)19(22)21-13-17(20(23)24-2)16-9-4-5-10-18(16)21/h4-10,12-13H,3,11H2,1-2H3. The molecule has 5 nitrogen and oxygen atoms in total. The normalized spacial score (nSPS) is 10.6. The Morgan fingerprint density at radius 1 is 1.08 bits per heavy atom. The first-order valence-corrected chi connectivity index (χ1v) is 8.11. The summed E-state index contributed by atoms with van der Waals surface area (Å²) in [5.74, 6) is -0.0477. The molecule has 0 aliphatic rings. The first kappa shape index (κ1) is 16.8. The highest BCUT2D eigenvalue weighted by Gasteiger charge is 2.19. The Balaban J connectivity index is 2.04. The largest absolute Gasteiger partial charge is 0.494 e. The summed E-state index contributed by atoms with van der Waals surface area (Å²) in [6.07, 6.45) is 2.42. The summed E-state index contributed by atoms with van der Waals surface area (Å²) in [6, 6.07) is 14.3. The van der Waals surface area contributed by atoms with Crippen LogP contribution in [-0.2, 0) is 4.74 Å². The summed E-state index contributed by atoms with van der Waals surface area (Å²) < 4.78 is 11.9. The third-order valence-electron chi connectivity index (χ3n) is 3.89. The molecule has 0 saturated carbocycles. The van der Waals surface area contributed by atoms with Crippen molar-refractivity contribution in [3.63, 3.8) is 0 Å². The van der Waals surface area contributed by atoms with Crippen molar-refractivity contribution in [3.8, 4) is 5.75 Å². The molecule has 0 bridgehead atoms. The molecule has 0 aliphatic heterocycles. The molecule has 0 unspecified atom stereocenters. The predicted molar refractivity (Wildman–Crippen MR) is 95.2 cm³/mol. The van der Waals surface area contributed by atoms with Gasteiger partial charge in [0, 0.05) is 17.1 Å². The van der Waals surface area contributed by atoms with E-state index < -0.39 is 5.97 Å². The molecule has 2 aromatic carbocycles. The minimum atomic E-state index is -0.470. The van der Waals surface area contributed by atoms with E-state index in [0.29, 0.717) is 34.4 Å². The molecule has 0 spiro atoms. The number of methoxy groups -OCH3 is 1. The number of nitrogens with zero attached hydrogens (tertiary/aromatic N) is 1. The molecular formula is C20H19NO4. The third kappa shape index (κ3) is 3.26. The van der Waals surface area contributed by atoms with E-state index in [2.05, 4.69) is 0 Å². The van der Waals surface area contributed by atoms with E-state index in [-0.39, 0.29) is 5.91 Å². The molecule has 0 N–H and O–H groups in total. The first-order valence-electron chi connectivity index (χ1n) is 8.11. The van der Waals surface area contributed by atoms with Crippen LogP contribution in [0.5, 0.6) is 5.75 Å². The van der Waals surface area contributed by atoms with Gasteiger partial charge in [0.25, 0.3) is 5.91 Å². The molecule has 1 heterocycles. The number of benzene rings is 2. The van der Waals surface area contributed by atoms with Crippen molar-refractivity contribution in [1.29, 1.82) is 0 Å². The van der Waals surface area contributed by atoms with Gasteiger partial charge in [0.1, 0.15) is 5.75 Å². The highest BCUT2D eigenvalue weighted by molar-refractivity contribution is 6.10. The second-order valence-corrected chi connectivity index (χ2v) is 5.60. The number of rotatable bonds is 5. The Hall–Kier alpha value is -3.08. The van der Waals surface area contributed by atoms with Gasteiger partial charge in [0.2, 0.25) is 0 Å². The number of carbonyl (C=O) groups excluding carboxylic acids is 2. The van der Waals surface area contributed by atoms with E-state index in [0.717, 1.165) is 6.42 Å². The van der Waals surface area contributed by atoms with Gasteiger partial charge in [-0.15, -0.1) is 0 Å². The molecule has 5 heteroatoms. The van der Waals surface area contributed by atoms with Crippen molar-refractivity contribution in [2.75, 3.05) is 13.7 Å². The summed E-state index contributed by atoms with van der Waals surface area (Å²) in [5.41, 5.74) is 1.52. The molecule has 25 heavy (non-hydrogen) atoms. The van der Waals surface area contributed by atoms with Crippen LogP contribution in [0, 0.1) is 0 Å². The average molecular weight is 337 g/mol. The van der Waals surface area contributed by atoms with E-state index in [1.807, 2.05) is 25.1 Å². The van der Waals surface area contributed by atoms with E-state index in [1.54, 1.807) is 30.3 Å². The van der Waals surface area contributed by atoms with Gasteiger partial charge in [0.05, 0.1) is 24.8 Å². The molecule has 0 atom stereocenters. The van der Waals surface area contributed by atoms with Gasteiger partial charge in [0.15, 0.2) is 0 Å². The number of hydrogen-bond donors (Lipinski definition) is 0. The summed E-state index contributed by atoms with van der Waals surface area (Å²) in [6.45, 7) is 2.62. The van der Waals surface area contributed by atoms with Crippen LogP contribution in [0.1, 0.15) is 34.1 Å². The third-order valence-corrected chi connectivity index (χ3v) is 3.89. The van der Waals surface area contributed by atoms with Crippen molar-refractivity contribution >= 4 is 22.8 Å². The second-order valence-electron chi connectivity index (χ2n) is 5.60. The minimum Gasteiger partial charge on any atom is -0.494 e. The lowest BCUT2D eigenvalue weighted by Crippen LogP contribution is -2.11. The van der Waals surface area contributed by atoms with Gasteiger partial charge < -0.3 is 9.47 Å². The monoisotopic (exact) mass is 337 g/mol. The maximum atomic E-state index is 13.0. The average Bonchev–Trinajstić information content (AvgIpc) is 3.05. The lowest BCUT2D eigenvalue weighted by molar-refractivity contribution is 0.0603. The summed E-state index contributed by atoms with van der Waals surface area (Å²) >= 11 is 0. The smallest absolute Gasteiger partial charge is 0.340 e. The van der Waals surface area contributed by atoms with Gasteiger partial charge in [-0.25, -0.2) is 4.79 Å². The van der Waals surface area contributed by atoms with Crippen molar-refractivity contribution in [1.82, 2.24) is 4.57 Å². The van der Waals surface area contributed by atoms with Crippen molar-refractivity contribution in [2.24, 2.45) is 0 Å². The predicted octanol–water partition coefficient (Wildman–Crippen LogP) is 3.91. The van der Waals surface area contributed by atoms with E-state index in [1.165, 1.54) is 17.9 Å². The Kier molecular flexibility index (Phi) is 4.84.